The highest BCUT2D eigenvalue weighted by Crippen LogP contribution is 2.32. The molecule has 0 radical (unpaired) electrons. The van der Waals surface area contributed by atoms with Crippen molar-refractivity contribution in [2.45, 2.75) is 24.1 Å². The van der Waals surface area contributed by atoms with Crippen molar-refractivity contribution in [3.63, 3.8) is 0 Å². The monoisotopic (exact) mass is 493 g/mol. The van der Waals surface area contributed by atoms with Crippen molar-refractivity contribution in [1.82, 2.24) is 4.31 Å². The largest absolute Gasteiger partial charge is 0.489 e. The van der Waals surface area contributed by atoms with Crippen LogP contribution in [0.15, 0.2) is 71.6 Å². The lowest BCUT2D eigenvalue weighted by molar-refractivity contribution is -0.138. The fourth-order valence-electron chi connectivity index (χ4n) is 3.17. The Hall–Kier alpha value is -3.37. The van der Waals surface area contributed by atoms with Crippen LogP contribution in [0.1, 0.15) is 16.7 Å². The number of carboxylic acids is 1. The third-order valence-corrected chi connectivity index (χ3v) is 6.80. The van der Waals surface area contributed by atoms with E-state index < -0.39 is 27.7 Å². The molecule has 1 N–H and O–H groups in total. The first-order chi connectivity index (χ1) is 15.9. The predicted molar refractivity (Wildman–Crippen MR) is 120 cm³/mol. The molecular formula is C24H22F3NO5S. The summed E-state index contributed by atoms with van der Waals surface area (Å²) in [5.41, 5.74) is 1.30. The number of alkyl halides is 3. The zero-order valence-corrected chi connectivity index (χ0v) is 19.2. The Morgan fingerprint density at radius 2 is 1.53 bits per heavy atom. The zero-order valence-electron chi connectivity index (χ0n) is 18.3. The third-order valence-electron chi connectivity index (χ3n) is 4.97. The van der Waals surface area contributed by atoms with Crippen molar-refractivity contribution >= 4 is 16.0 Å². The molecular weight excluding hydrogens is 471 g/mol. The third kappa shape index (κ3) is 6.15. The minimum Gasteiger partial charge on any atom is -0.489 e. The number of halogens is 3. The molecule has 0 amide bonds. The molecule has 0 aromatic heterocycles. The van der Waals surface area contributed by atoms with Crippen LogP contribution in [0.2, 0.25) is 0 Å². The maximum Gasteiger partial charge on any atom is 0.416 e. The van der Waals surface area contributed by atoms with E-state index in [4.69, 9.17) is 9.84 Å². The lowest BCUT2D eigenvalue weighted by Crippen LogP contribution is -2.22. The predicted octanol–water partition coefficient (Wildman–Crippen LogP) is 4.83. The number of aliphatic carboxylic acids is 1. The van der Waals surface area contributed by atoms with Gasteiger partial charge in [0.1, 0.15) is 12.4 Å². The Labute approximate surface area is 195 Å². The maximum atomic E-state index is 12.9. The highest BCUT2D eigenvalue weighted by Gasteiger charge is 2.30. The summed E-state index contributed by atoms with van der Waals surface area (Å²) in [7, 11) is -0.690. The molecule has 3 aromatic rings. The first-order valence-electron chi connectivity index (χ1n) is 10.0. The van der Waals surface area contributed by atoms with E-state index in [0.717, 1.165) is 16.4 Å². The Morgan fingerprint density at radius 3 is 2.06 bits per heavy atom. The van der Waals surface area contributed by atoms with Crippen LogP contribution in [0.3, 0.4) is 0 Å². The summed E-state index contributed by atoms with van der Waals surface area (Å²) in [6.07, 6.45) is -4.75. The Balaban J connectivity index is 1.84. The highest BCUT2D eigenvalue weighted by atomic mass is 32.2. The van der Waals surface area contributed by atoms with Gasteiger partial charge in [-0.15, -0.1) is 0 Å². The quantitative estimate of drug-likeness (QED) is 0.486. The average Bonchev–Trinajstić information content (AvgIpc) is 2.77. The van der Waals surface area contributed by atoms with Gasteiger partial charge in [-0.05, 0) is 58.7 Å². The van der Waals surface area contributed by atoms with Gasteiger partial charge in [0.15, 0.2) is 0 Å². The second-order valence-electron chi connectivity index (χ2n) is 7.73. The first kappa shape index (κ1) is 25.3. The molecule has 0 saturated heterocycles. The van der Waals surface area contributed by atoms with E-state index in [-0.39, 0.29) is 17.9 Å². The maximum absolute atomic E-state index is 12.9. The van der Waals surface area contributed by atoms with Crippen molar-refractivity contribution in [3.05, 3.63) is 83.4 Å². The van der Waals surface area contributed by atoms with Gasteiger partial charge in [-0.1, -0.05) is 30.3 Å². The number of hydrogen-bond acceptors (Lipinski definition) is 4. The standard InChI is InChI=1S/C24H22F3NO5S/c1-28(2)34(31,32)22-9-3-16(4-10-22)15-33-21-12-17(13-23(29)30)11-19(14-21)18-5-7-20(8-6-18)24(25,26)27/h3-12,14H,13,15H2,1-2H3,(H,29,30). The lowest BCUT2D eigenvalue weighted by Gasteiger charge is -2.13. The topological polar surface area (TPSA) is 83.9 Å². The molecule has 3 aromatic carbocycles. The zero-order chi connectivity index (χ0) is 25.1. The number of benzene rings is 3. The number of carbonyl (C=O) groups is 1. The molecule has 3 rings (SSSR count). The molecule has 0 aliphatic carbocycles. The smallest absolute Gasteiger partial charge is 0.416 e. The minimum absolute atomic E-state index is 0.0747. The van der Waals surface area contributed by atoms with Crippen LogP contribution < -0.4 is 4.74 Å². The second kappa shape index (κ2) is 9.86. The summed E-state index contributed by atoms with van der Waals surface area (Å²) in [6, 6.07) is 15.4. The molecule has 0 bridgehead atoms. The van der Waals surface area contributed by atoms with Crippen LogP contribution in [-0.4, -0.2) is 37.9 Å². The van der Waals surface area contributed by atoms with Crippen molar-refractivity contribution in [1.29, 1.82) is 0 Å². The SMILES string of the molecule is CN(C)S(=O)(=O)c1ccc(COc2cc(CC(=O)O)cc(-c3ccc(C(F)(F)F)cc3)c2)cc1. The van der Waals surface area contributed by atoms with Gasteiger partial charge in [-0.3, -0.25) is 4.79 Å². The Morgan fingerprint density at radius 1 is 0.912 bits per heavy atom. The number of nitrogens with zero attached hydrogens (tertiary/aromatic N) is 1. The van der Waals surface area contributed by atoms with Crippen LogP contribution >= 0.6 is 0 Å². The summed E-state index contributed by atoms with van der Waals surface area (Å²) in [6.45, 7) is 0.0747. The van der Waals surface area contributed by atoms with Gasteiger partial charge in [-0.2, -0.15) is 13.2 Å². The molecule has 0 aliphatic heterocycles. The Kier molecular flexibility index (Phi) is 7.32. The van der Waals surface area contributed by atoms with Crippen molar-refractivity contribution in [2.75, 3.05) is 14.1 Å². The lowest BCUT2D eigenvalue weighted by atomic mass is 10.00. The molecule has 10 heteroatoms. The molecule has 34 heavy (non-hydrogen) atoms. The molecule has 0 spiro atoms. The Bertz CT molecular complexity index is 1270. The summed E-state index contributed by atoms with van der Waals surface area (Å²) in [5.74, 6) is -0.730. The van der Waals surface area contributed by atoms with Crippen molar-refractivity contribution in [2.24, 2.45) is 0 Å². The summed E-state index contributed by atoms with van der Waals surface area (Å²) >= 11 is 0. The molecule has 0 heterocycles. The number of hydrogen-bond donors (Lipinski definition) is 1. The number of ether oxygens (including phenoxy) is 1. The van der Waals surface area contributed by atoms with E-state index in [1.165, 1.54) is 38.4 Å². The van der Waals surface area contributed by atoms with Gasteiger partial charge >= 0.3 is 12.1 Å². The molecule has 0 fully saturated rings. The van der Waals surface area contributed by atoms with E-state index >= 15 is 0 Å². The summed E-state index contributed by atoms with van der Waals surface area (Å²) < 4.78 is 69.9. The second-order valence-corrected chi connectivity index (χ2v) is 9.88. The normalized spacial score (nSPS) is 12.1. The van der Waals surface area contributed by atoms with Crippen LogP contribution in [-0.2, 0) is 34.0 Å². The fraction of sp³-hybridized carbons (Fsp3) is 0.208. The van der Waals surface area contributed by atoms with Gasteiger partial charge in [-0.25, -0.2) is 12.7 Å². The number of carboxylic acid groups (broad SMARTS) is 1. The van der Waals surface area contributed by atoms with Gasteiger partial charge < -0.3 is 9.84 Å². The fourth-order valence-corrected chi connectivity index (χ4v) is 4.08. The van der Waals surface area contributed by atoms with Gasteiger partial charge in [0, 0.05) is 14.1 Å². The summed E-state index contributed by atoms with van der Waals surface area (Å²) in [5, 5.41) is 9.17. The average molecular weight is 494 g/mol. The van der Waals surface area contributed by atoms with E-state index in [1.807, 2.05) is 0 Å². The molecule has 0 aliphatic rings. The molecule has 0 saturated carbocycles. The molecule has 180 valence electrons. The highest BCUT2D eigenvalue weighted by molar-refractivity contribution is 7.89. The molecule has 6 nitrogen and oxygen atoms in total. The first-order valence-corrected chi connectivity index (χ1v) is 11.5. The van der Waals surface area contributed by atoms with Gasteiger partial charge in [0.25, 0.3) is 0 Å². The van der Waals surface area contributed by atoms with Crippen LogP contribution in [0, 0.1) is 0 Å². The van der Waals surface area contributed by atoms with Crippen LogP contribution in [0.4, 0.5) is 13.2 Å². The van der Waals surface area contributed by atoms with Crippen LogP contribution in [0.25, 0.3) is 11.1 Å². The van der Waals surface area contributed by atoms with E-state index in [9.17, 15) is 26.4 Å². The summed E-state index contributed by atoms with van der Waals surface area (Å²) in [4.78, 5) is 11.3. The number of sulfonamides is 1. The van der Waals surface area contributed by atoms with Crippen LogP contribution in [0.5, 0.6) is 5.75 Å². The number of rotatable bonds is 8. The van der Waals surface area contributed by atoms with E-state index in [0.29, 0.717) is 28.0 Å². The van der Waals surface area contributed by atoms with Gasteiger partial charge in [0.05, 0.1) is 16.9 Å². The van der Waals surface area contributed by atoms with E-state index in [2.05, 4.69) is 0 Å². The van der Waals surface area contributed by atoms with Gasteiger partial charge in [0.2, 0.25) is 10.0 Å². The molecule has 0 atom stereocenters. The minimum atomic E-state index is -4.46. The van der Waals surface area contributed by atoms with Crippen molar-refractivity contribution in [3.8, 4) is 16.9 Å². The van der Waals surface area contributed by atoms with Crippen molar-refractivity contribution < 1.29 is 36.2 Å². The van der Waals surface area contributed by atoms with E-state index in [1.54, 1.807) is 30.3 Å². The molecule has 0 unspecified atom stereocenters.